The molecule has 0 saturated carbocycles. The summed E-state index contributed by atoms with van der Waals surface area (Å²) < 4.78 is 24.9. The zero-order chi connectivity index (χ0) is 24.5. The molecule has 3 aliphatic heterocycles. The Kier molecular flexibility index (Phi) is 6.40. The molecule has 188 valence electrons. The number of fused-ring (bicyclic) bond motifs is 2. The fourth-order valence-corrected chi connectivity index (χ4v) is 5.46. The monoisotopic (exact) mass is 489 g/mol. The largest absolute Gasteiger partial charge is 0.486 e. The molecular formula is C29H32FN3O3. The lowest BCUT2D eigenvalue weighted by Gasteiger charge is -2.35. The standard InChI is InChI=1S/C29H32FN3O3/c30-24-5-3-22-17-26(6-4-21(22)16-24)33-11-8-23(18-33)29(34)31-25(19-32-9-1-10-32)14-20-2-7-27-28(15-20)36-13-12-35-27/h2-7,15-17,23,25H,1,8-14,18-19H2,(H,31,34). The van der Waals surface area contributed by atoms with Crippen LogP contribution in [-0.4, -0.2) is 62.8 Å². The number of carbonyl (C=O) groups is 1. The Bertz CT molecular complexity index is 1260. The van der Waals surface area contributed by atoms with Gasteiger partial charge in [-0.2, -0.15) is 0 Å². The third-order valence-electron chi connectivity index (χ3n) is 7.57. The van der Waals surface area contributed by atoms with Crippen molar-refractivity contribution < 1.29 is 18.7 Å². The third-order valence-corrected chi connectivity index (χ3v) is 7.57. The number of benzene rings is 3. The second-order valence-electron chi connectivity index (χ2n) is 10.1. The van der Waals surface area contributed by atoms with Crippen LogP contribution in [0.2, 0.25) is 0 Å². The molecule has 36 heavy (non-hydrogen) atoms. The third kappa shape index (κ3) is 4.98. The summed E-state index contributed by atoms with van der Waals surface area (Å²) in [7, 11) is 0. The topological polar surface area (TPSA) is 54.0 Å². The highest BCUT2D eigenvalue weighted by molar-refractivity contribution is 5.86. The molecule has 3 aromatic rings. The van der Waals surface area contributed by atoms with Crippen molar-refractivity contribution in [3.05, 3.63) is 66.0 Å². The summed E-state index contributed by atoms with van der Waals surface area (Å²) in [5, 5.41) is 5.27. The molecule has 3 heterocycles. The summed E-state index contributed by atoms with van der Waals surface area (Å²) >= 11 is 0. The summed E-state index contributed by atoms with van der Waals surface area (Å²) in [5.41, 5.74) is 2.23. The molecule has 6 nitrogen and oxygen atoms in total. The number of hydrogen-bond donors (Lipinski definition) is 1. The van der Waals surface area contributed by atoms with Gasteiger partial charge in [0.25, 0.3) is 0 Å². The first-order chi connectivity index (χ1) is 17.6. The van der Waals surface area contributed by atoms with E-state index in [1.54, 1.807) is 6.07 Å². The second kappa shape index (κ2) is 9.97. The molecule has 1 N–H and O–H groups in total. The van der Waals surface area contributed by atoms with Gasteiger partial charge in [-0.05, 0) is 85.1 Å². The second-order valence-corrected chi connectivity index (χ2v) is 10.1. The van der Waals surface area contributed by atoms with Gasteiger partial charge in [-0.1, -0.05) is 18.2 Å². The molecule has 3 aromatic carbocycles. The molecule has 0 aliphatic carbocycles. The Morgan fingerprint density at radius 3 is 2.61 bits per heavy atom. The number of amides is 1. The van der Waals surface area contributed by atoms with E-state index in [4.69, 9.17) is 9.47 Å². The van der Waals surface area contributed by atoms with Crippen molar-refractivity contribution in [1.29, 1.82) is 0 Å². The van der Waals surface area contributed by atoms with Crippen LogP contribution in [0.1, 0.15) is 18.4 Å². The van der Waals surface area contributed by atoms with Gasteiger partial charge < -0.3 is 24.6 Å². The van der Waals surface area contributed by atoms with Crippen LogP contribution in [0.3, 0.4) is 0 Å². The van der Waals surface area contributed by atoms with Crippen LogP contribution in [0.15, 0.2) is 54.6 Å². The van der Waals surface area contributed by atoms with Gasteiger partial charge in [-0.15, -0.1) is 0 Å². The number of hydrogen-bond acceptors (Lipinski definition) is 5. The van der Waals surface area contributed by atoms with Crippen LogP contribution in [0, 0.1) is 11.7 Å². The number of nitrogens with zero attached hydrogens (tertiary/aromatic N) is 2. The van der Waals surface area contributed by atoms with E-state index in [1.165, 1.54) is 12.5 Å². The molecule has 0 bridgehead atoms. The van der Waals surface area contributed by atoms with Crippen LogP contribution in [-0.2, 0) is 11.2 Å². The predicted molar refractivity (Wildman–Crippen MR) is 138 cm³/mol. The fraction of sp³-hybridized carbons (Fsp3) is 0.414. The summed E-state index contributed by atoms with van der Waals surface area (Å²) in [4.78, 5) is 18.0. The molecule has 2 atom stereocenters. The maximum atomic E-state index is 13.5. The molecule has 7 heteroatoms. The molecule has 3 aliphatic rings. The number of halogens is 1. The van der Waals surface area contributed by atoms with Gasteiger partial charge in [-0.25, -0.2) is 4.39 Å². The minimum Gasteiger partial charge on any atom is -0.486 e. The smallest absolute Gasteiger partial charge is 0.225 e. The molecule has 2 fully saturated rings. The number of rotatable bonds is 7. The van der Waals surface area contributed by atoms with Gasteiger partial charge in [0.1, 0.15) is 19.0 Å². The van der Waals surface area contributed by atoms with Crippen LogP contribution in [0.5, 0.6) is 11.5 Å². The summed E-state index contributed by atoms with van der Waals surface area (Å²) in [6.07, 6.45) is 2.81. The lowest BCUT2D eigenvalue weighted by Crippen LogP contribution is -2.50. The number of carbonyl (C=O) groups excluding carboxylic acids is 1. The Hall–Kier alpha value is -3.32. The first-order valence-corrected chi connectivity index (χ1v) is 13.0. The summed E-state index contributed by atoms with van der Waals surface area (Å²) in [6.45, 7) is 5.72. The normalized spacial score (nSPS) is 20.2. The highest BCUT2D eigenvalue weighted by Crippen LogP contribution is 2.32. The van der Waals surface area contributed by atoms with Gasteiger partial charge >= 0.3 is 0 Å². The van der Waals surface area contributed by atoms with Crippen LogP contribution in [0.25, 0.3) is 10.8 Å². The minimum atomic E-state index is -0.225. The van der Waals surface area contributed by atoms with E-state index in [9.17, 15) is 9.18 Å². The first kappa shape index (κ1) is 23.1. The van der Waals surface area contributed by atoms with Gasteiger partial charge in [0.2, 0.25) is 5.91 Å². The average molecular weight is 490 g/mol. The van der Waals surface area contributed by atoms with Gasteiger partial charge in [0.05, 0.1) is 5.92 Å². The van der Waals surface area contributed by atoms with Crippen molar-refractivity contribution in [2.24, 2.45) is 5.92 Å². The van der Waals surface area contributed by atoms with E-state index in [-0.39, 0.29) is 23.7 Å². The van der Waals surface area contributed by atoms with E-state index in [1.807, 2.05) is 30.3 Å². The molecule has 2 unspecified atom stereocenters. The van der Waals surface area contributed by atoms with Crippen molar-refractivity contribution in [3.63, 3.8) is 0 Å². The lowest BCUT2D eigenvalue weighted by atomic mass is 10.0. The van der Waals surface area contributed by atoms with Crippen molar-refractivity contribution >= 4 is 22.4 Å². The molecule has 6 rings (SSSR count). The number of anilines is 1. The zero-order valence-electron chi connectivity index (χ0n) is 20.4. The Morgan fingerprint density at radius 2 is 1.78 bits per heavy atom. The van der Waals surface area contributed by atoms with E-state index in [0.29, 0.717) is 19.8 Å². The predicted octanol–water partition coefficient (Wildman–Crippen LogP) is 4.01. The zero-order valence-corrected chi connectivity index (χ0v) is 20.4. The number of nitrogens with one attached hydrogen (secondary N) is 1. The molecule has 0 radical (unpaired) electrons. The number of ether oxygens (including phenoxy) is 2. The fourth-order valence-electron chi connectivity index (χ4n) is 5.46. The summed E-state index contributed by atoms with van der Waals surface area (Å²) in [6, 6.07) is 17.1. The van der Waals surface area contributed by atoms with Crippen molar-refractivity contribution in [2.75, 3.05) is 50.8 Å². The van der Waals surface area contributed by atoms with Crippen molar-refractivity contribution in [2.45, 2.75) is 25.3 Å². The maximum absolute atomic E-state index is 13.5. The van der Waals surface area contributed by atoms with E-state index in [0.717, 1.165) is 72.5 Å². The highest BCUT2D eigenvalue weighted by atomic mass is 19.1. The van der Waals surface area contributed by atoms with Crippen LogP contribution in [0.4, 0.5) is 10.1 Å². The van der Waals surface area contributed by atoms with Gasteiger partial charge in [0, 0.05) is 31.4 Å². The van der Waals surface area contributed by atoms with Gasteiger partial charge in [-0.3, -0.25) is 4.79 Å². The molecule has 1 amide bonds. The first-order valence-electron chi connectivity index (χ1n) is 13.0. The van der Waals surface area contributed by atoms with E-state index < -0.39 is 0 Å². The van der Waals surface area contributed by atoms with E-state index in [2.05, 4.69) is 27.2 Å². The Morgan fingerprint density at radius 1 is 0.972 bits per heavy atom. The molecule has 0 aromatic heterocycles. The highest BCUT2D eigenvalue weighted by Gasteiger charge is 2.31. The van der Waals surface area contributed by atoms with Crippen LogP contribution >= 0.6 is 0 Å². The van der Waals surface area contributed by atoms with Gasteiger partial charge in [0.15, 0.2) is 11.5 Å². The summed E-state index contributed by atoms with van der Waals surface area (Å²) in [5.74, 6) is 1.43. The van der Waals surface area contributed by atoms with E-state index >= 15 is 0 Å². The Balaban J connectivity index is 1.11. The maximum Gasteiger partial charge on any atom is 0.225 e. The average Bonchev–Trinajstić information content (AvgIpc) is 3.36. The van der Waals surface area contributed by atoms with Crippen molar-refractivity contribution in [3.8, 4) is 11.5 Å². The minimum absolute atomic E-state index is 0.0463. The molecular weight excluding hydrogens is 457 g/mol. The SMILES string of the molecule is O=C(NC(Cc1ccc2c(c1)OCCO2)CN1CCC1)C1CCN(c2ccc3cc(F)ccc3c2)C1. The quantitative estimate of drug-likeness (QED) is 0.544. The Labute approximate surface area is 211 Å². The lowest BCUT2D eigenvalue weighted by molar-refractivity contribution is -0.125. The molecule has 2 saturated heterocycles. The number of likely N-dealkylation sites (tertiary alicyclic amines) is 1. The van der Waals surface area contributed by atoms with Crippen molar-refractivity contribution in [1.82, 2.24) is 10.2 Å². The van der Waals surface area contributed by atoms with Crippen LogP contribution < -0.4 is 19.7 Å². The molecule has 0 spiro atoms.